The van der Waals surface area contributed by atoms with Crippen LogP contribution in [0.25, 0.3) is 0 Å². The summed E-state index contributed by atoms with van der Waals surface area (Å²) in [4.78, 5) is 0. The van der Waals surface area contributed by atoms with Crippen LogP contribution < -0.4 is 0 Å². The molecule has 0 aromatic heterocycles. The number of rotatable bonds is 8. The summed E-state index contributed by atoms with van der Waals surface area (Å²) in [7, 11) is 0. The van der Waals surface area contributed by atoms with Gasteiger partial charge in [-0.05, 0) is 116 Å². The van der Waals surface area contributed by atoms with Crippen molar-refractivity contribution in [2.24, 2.45) is 58.2 Å². The fraction of sp³-hybridized carbons (Fsp3) is 0.938. The number of hydrogen-bond acceptors (Lipinski definition) is 0. The molecule has 0 saturated heterocycles. The van der Waals surface area contributed by atoms with E-state index in [9.17, 15) is 0 Å². The minimum absolute atomic E-state index is 0.541. The second kappa shape index (κ2) is 9.77. The Morgan fingerprint density at radius 1 is 0.844 bits per heavy atom. The van der Waals surface area contributed by atoms with E-state index in [4.69, 9.17) is 0 Å². The van der Waals surface area contributed by atoms with Crippen molar-refractivity contribution in [1.82, 2.24) is 0 Å². The van der Waals surface area contributed by atoms with Gasteiger partial charge in [0.15, 0.2) is 0 Å². The van der Waals surface area contributed by atoms with Gasteiger partial charge in [-0.25, -0.2) is 0 Å². The summed E-state index contributed by atoms with van der Waals surface area (Å²) in [6, 6.07) is 0. The van der Waals surface area contributed by atoms with Crippen LogP contribution in [0.1, 0.15) is 132 Å². The lowest BCUT2D eigenvalue weighted by Crippen LogP contribution is -2.50. The zero-order valence-electron chi connectivity index (χ0n) is 22.9. The molecule has 0 N–H and O–H groups in total. The van der Waals surface area contributed by atoms with Gasteiger partial charge in [-0.15, -0.1) is 0 Å². The van der Waals surface area contributed by atoms with E-state index in [1.165, 1.54) is 83.5 Å². The number of fused-ring (bicyclic) bond motifs is 5. The molecule has 32 heavy (non-hydrogen) atoms. The molecule has 4 aliphatic rings. The van der Waals surface area contributed by atoms with Gasteiger partial charge in [0, 0.05) is 0 Å². The molecule has 0 nitrogen and oxygen atoms in total. The van der Waals surface area contributed by atoms with E-state index >= 15 is 0 Å². The first-order chi connectivity index (χ1) is 15.1. The zero-order chi connectivity index (χ0) is 23.1. The monoisotopic (exact) mass is 440 g/mol. The minimum atomic E-state index is 0.541. The molecule has 0 bridgehead atoms. The summed E-state index contributed by atoms with van der Waals surface area (Å²) in [6.07, 6.45) is 22.0. The molecule has 0 radical (unpaired) electrons. The summed E-state index contributed by atoms with van der Waals surface area (Å²) in [5.74, 6) is 7.62. The molecule has 3 saturated carbocycles. The van der Waals surface area contributed by atoms with Gasteiger partial charge in [0.05, 0.1) is 0 Å². The first-order valence-corrected chi connectivity index (χ1v) is 14.8. The average molecular weight is 441 g/mol. The molecule has 0 amide bonds. The molecule has 3 unspecified atom stereocenters. The van der Waals surface area contributed by atoms with Crippen LogP contribution in [0.15, 0.2) is 11.6 Å². The van der Waals surface area contributed by atoms with E-state index < -0.39 is 0 Å². The fourth-order valence-corrected chi connectivity index (χ4v) is 9.58. The quantitative estimate of drug-likeness (QED) is 0.329. The van der Waals surface area contributed by atoms with Crippen molar-refractivity contribution in [1.29, 1.82) is 0 Å². The Balaban J connectivity index is 1.44. The highest BCUT2D eigenvalue weighted by atomic mass is 14.6. The molecule has 8 atom stereocenters. The summed E-state index contributed by atoms with van der Waals surface area (Å²) in [5.41, 5.74) is 3.08. The van der Waals surface area contributed by atoms with Gasteiger partial charge in [-0.2, -0.15) is 0 Å². The summed E-state index contributed by atoms with van der Waals surface area (Å²) < 4.78 is 0. The third kappa shape index (κ3) is 4.64. The van der Waals surface area contributed by atoms with Gasteiger partial charge < -0.3 is 0 Å². The van der Waals surface area contributed by atoms with Crippen LogP contribution in [0.5, 0.6) is 0 Å². The SMILES string of the molecule is CC(C)CCC[C@@H](C)[C@H]1CCC2C3CC=C4C[C@@H](CCC(C)C)CC[C@]4(C)C3CC[C@@]21C. The Labute approximate surface area is 201 Å². The lowest BCUT2D eigenvalue weighted by Gasteiger charge is -2.58. The molecule has 0 aliphatic heterocycles. The molecule has 0 aromatic rings. The lowest BCUT2D eigenvalue weighted by atomic mass is 9.46. The Morgan fingerprint density at radius 2 is 1.59 bits per heavy atom. The van der Waals surface area contributed by atoms with Gasteiger partial charge in [0.25, 0.3) is 0 Å². The first-order valence-electron chi connectivity index (χ1n) is 14.8. The third-order valence-corrected chi connectivity index (χ3v) is 11.6. The van der Waals surface area contributed by atoms with E-state index in [0.717, 1.165) is 47.3 Å². The Hall–Kier alpha value is -0.260. The maximum absolute atomic E-state index is 2.80. The van der Waals surface area contributed by atoms with Crippen molar-refractivity contribution in [3.05, 3.63) is 11.6 Å². The van der Waals surface area contributed by atoms with Crippen LogP contribution in [-0.2, 0) is 0 Å². The van der Waals surface area contributed by atoms with Crippen molar-refractivity contribution in [3.63, 3.8) is 0 Å². The normalized spacial score (nSPS) is 42.4. The predicted octanol–water partition coefficient (Wildman–Crippen LogP) is 10.1. The van der Waals surface area contributed by atoms with Crippen molar-refractivity contribution >= 4 is 0 Å². The van der Waals surface area contributed by atoms with E-state index in [0.29, 0.717) is 10.8 Å². The Morgan fingerprint density at radius 3 is 2.31 bits per heavy atom. The average Bonchev–Trinajstić information content (AvgIpc) is 3.09. The molecule has 4 rings (SSSR count). The van der Waals surface area contributed by atoms with Crippen molar-refractivity contribution in [3.8, 4) is 0 Å². The van der Waals surface area contributed by atoms with Gasteiger partial charge in [-0.1, -0.05) is 85.8 Å². The molecule has 4 aliphatic carbocycles. The summed E-state index contributed by atoms with van der Waals surface area (Å²) >= 11 is 0. The molecule has 184 valence electrons. The molecule has 0 spiro atoms. The zero-order valence-corrected chi connectivity index (χ0v) is 22.9. The van der Waals surface area contributed by atoms with Gasteiger partial charge in [-0.3, -0.25) is 0 Å². The molecular formula is C32H56. The van der Waals surface area contributed by atoms with E-state index in [1.54, 1.807) is 0 Å². The smallest absolute Gasteiger partial charge is 0.00851 e. The van der Waals surface area contributed by atoms with E-state index in [-0.39, 0.29) is 0 Å². The van der Waals surface area contributed by atoms with Crippen LogP contribution in [-0.4, -0.2) is 0 Å². The maximum atomic E-state index is 2.80. The number of allylic oxidation sites excluding steroid dienone is 2. The van der Waals surface area contributed by atoms with Crippen LogP contribution in [0.3, 0.4) is 0 Å². The van der Waals surface area contributed by atoms with Crippen molar-refractivity contribution in [2.75, 3.05) is 0 Å². The largest absolute Gasteiger partial charge is 0.0845 e. The van der Waals surface area contributed by atoms with Crippen LogP contribution in [0.2, 0.25) is 0 Å². The number of hydrogen-bond donors (Lipinski definition) is 0. The molecule has 0 aromatic carbocycles. The van der Waals surface area contributed by atoms with Gasteiger partial charge >= 0.3 is 0 Å². The molecule has 0 heterocycles. The summed E-state index contributed by atoms with van der Waals surface area (Å²) in [5, 5.41) is 0. The van der Waals surface area contributed by atoms with Crippen molar-refractivity contribution in [2.45, 2.75) is 132 Å². The van der Waals surface area contributed by atoms with Crippen LogP contribution in [0.4, 0.5) is 0 Å². The predicted molar refractivity (Wildman–Crippen MR) is 141 cm³/mol. The second-order valence-corrected chi connectivity index (χ2v) is 14.4. The van der Waals surface area contributed by atoms with Gasteiger partial charge in [0.1, 0.15) is 0 Å². The topological polar surface area (TPSA) is 0 Å². The maximum Gasteiger partial charge on any atom is -0.00851 e. The highest BCUT2D eigenvalue weighted by Gasteiger charge is 2.59. The third-order valence-electron chi connectivity index (χ3n) is 11.6. The van der Waals surface area contributed by atoms with Crippen LogP contribution >= 0.6 is 0 Å². The standard InChI is InChI=1S/C32H56/c1-22(2)9-8-10-24(5)28-15-16-29-27-14-13-26-21-25(12-11-23(3)4)17-19-31(26,6)30(27)18-20-32(28,29)7/h13,22-25,27-30H,8-12,14-21H2,1-7H3/t24-,25+,27?,28-,29?,30?,31+,32-/m1/s1. The minimum Gasteiger partial charge on any atom is -0.0845 e. The Kier molecular flexibility index (Phi) is 7.59. The Bertz CT molecular complexity index is 655. The lowest BCUT2D eigenvalue weighted by molar-refractivity contribution is -0.0530. The molecular weight excluding hydrogens is 384 g/mol. The highest BCUT2D eigenvalue weighted by molar-refractivity contribution is 5.25. The molecule has 3 fully saturated rings. The van der Waals surface area contributed by atoms with Crippen molar-refractivity contribution < 1.29 is 0 Å². The highest BCUT2D eigenvalue weighted by Crippen LogP contribution is 2.67. The summed E-state index contributed by atoms with van der Waals surface area (Å²) in [6.45, 7) is 17.6. The van der Waals surface area contributed by atoms with E-state index in [1.807, 2.05) is 5.57 Å². The first kappa shape index (κ1) is 24.9. The fourth-order valence-electron chi connectivity index (χ4n) is 9.58. The van der Waals surface area contributed by atoms with Crippen LogP contribution in [0, 0.1) is 58.2 Å². The van der Waals surface area contributed by atoms with E-state index in [2.05, 4.69) is 54.5 Å². The second-order valence-electron chi connectivity index (χ2n) is 14.4. The molecule has 0 heteroatoms. The van der Waals surface area contributed by atoms with Gasteiger partial charge in [0.2, 0.25) is 0 Å².